The van der Waals surface area contributed by atoms with Crippen molar-refractivity contribution in [2.75, 3.05) is 19.5 Å². The second-order valence-electron chi connectivity index (χ2n) is 6.46. The first-order valence-electron chi connectivity index (χ1n) is 9.27. The molecule has 0 aliphatic rings. The third-order valence-electron chi connectivity index (χ3n) is 4.51. The zero-order chi connectivity index (χ0) is 20.9. The molecule has 0 saturated heterocycles. The molecule has 0 unspecified atom stereocenters. The Morgan fingerprint density at radius 3 is 2.60 bits per heavy atom. The van der Waals surface area contributed by atoms with Gasteiger partial charge in [0.15, 0.2) is 11.5 Å². The van der Waals surface area contributed by atoms with Gasteiger partial charge in [0.1, 0.15) is 5.01 Å². The van der Waals surface area contributed by atoms with Crippen LogP contribution in [0.2, 0.25) is 0 Å². The van der Waals surface area contributed by atoms with Gasteiger partial charge in [-0.25, -0.2) is 4.98 Å². The lowest BCUT2D eigenvalue weighted by molar-refractivity contribution is -0.115. The number of thiazole rings is 1. The molecule has 152 valence electrons. The molecule has 4 rings (SSSR count). The third-order valence-corrected chi connectivity index (χ3v) is 6.36. The molecule has 0 bridgehead atoms. The second kappa shape index (κ2) is 9.11. The van der Waals surface area contributed by atoms with E-state index in [1.807, 2.05) is 65.4 Å². The number of hydrogen-bond acceptors (Lipinski definition) is 6. The highest BCUT2D eigenvalue weighted by Gasteiger charge is 2.13. The smallest absolute Gasteiger partial charge is 0.230 e. The number of rotatable bonds is 7. The maximum atomic E-state index is 12.7. The fourth-order valence-corrected chi connectivity index (χ4v) is 4.67. The number of anilines is 1. The first-order valence-corrected chi connectivity index (χ1v) is 11.0. The summed E-state index contributed by atoms with van der Waals surface area (Å²) in [5.74, 6) is 1.22. The highest BCUT2D eigenvalue weighted by molar-refractivity contribution is 7.13. The summed E-state index contributed by atoms with van der Waals surface area (Å²) in [4.78, 5) is 18.4. The Balaban J connectivity index is 1.48. The molecule has 7 heteroatoms. The molecule has 5 nitrogen and oxygen atoms in total. The Kier molecular flexibility index (Phi) is 6.11. The van der Waals surface area contributed by atoms with Crippen LogP contribution in [0, 0.1) is 0 Å². The molecule has 0 saturated carbocycles. The normalized spacial score (nSPS) is 10.6. The number of para-hydroxylation sites is 1. The second-order valence-corrected chi connectivity index (χ2v) is 8.27. The van der Waals surface area contributed by atoms with E-state index in [9.17, 15) is 4.79 Å². The number of methoxy groups -OCH3 is 2. The quantitative estimate of drug-likeness (QED) is 0.401. The number of aromatic nitrogens is 1. The van der Waals surface area contributed by atoms with Gasteiger partial charge in [0.2, 0.25) is 5.91 Å². The Morgan fingerprint density at radius 1 is 1.00 bits per heavy atom. The van der Waals surface area contributed by atoms with Crippen molar-refractivity contribution in [3.63, 3.8) is 0 Å². The number of ether oxygens (including phenoxy) is 2. The summed E-state index contributed by atoms with van der Waals surface area (Å²) in [5, 5.41) is 7.80. The van der Waals surface area contributed by atoms with E-state index in [2.05, 4.69) is 10.3 Å². The average molecular weight is 437 g/mol. The van der Waals surface area contributed by atoms with Gasteiger partial charge in [-0.15, -0.1) is 22.7 Å². The fourth-order valence-electron chi connectivity index (χ4n) is 3.09. The monoisotopic (exact) mass is 436 g/mol. The van der Waals surface area contributed by atoms with E-state index in [1.165, 1.54) is 11.3 Å². The van der Waals surface area contributed by atoms with Gasteiger partial charge in [-0.3, -0.25) is 4.79 Å². The molecule has 1 amide bonds. The van der Waals surface area contributed by atoms with Gasteiger partial charge in [-0.1, -0.05) is 24.3 Å². The molecule has 2 heterocycles. The average Bonchev–Trinajstić information content (AvgIpc) is 3.46. The van der Waals surface area contributed by atoms with E-state index < -0.39 is 0 Å². The number of benzene rings is 2. The highest BCUT2D eigenvalue weighted by atomic mass is 32.1. The Morgan fingerprint density at radius 2 is 1.83 bits per heavy atom. The van der Waals surface area contributed by atoms with E-state index in [0.717, 1.165) is 32.4 Å². The van der Waals surface area contributed by atoms with Crippen LogP contribution < -0.4 is 14.8 Å². The van der Waals surface area contributed by atoms with E-state index in [1.54, 1.807) is 25.6 Å². The molecule has 0 aliphatic carbocycles. The van der Waals surface area contributed by atoms with E-state index >= 15 is 0 Å². The van der Waals surface area contributed by atoms with Crippen molar-refractivity contribution < 1.29 is 14.3 Å². The standard InChI is InChI=1S/C23H20N2O3S2/c1-27-19-10-9-15(12-20(19)28-2)23-24-16(14-30-23)13-22(26)25-18-7-4-3-6-17(18)21-8-5-11-29-21/h3-12,14H,13H2,1-2H3,(H,25,26). The zero-order valence-electron chi connectivity index (χ0n) is 16.5. The van der Waals surface area contributed by atoms with Gasteiger partial charge in [0.05, 0.1) is 26.3 Å². The summed E-state index contributed by atoms with van der Waals surface area (Å²) in [7, 11) is 3.21. The summed E-state index contributed by atoms with van der Waals surface area (Å²) >= 11 is 3.15. The van der Waals surface area contributed by atoms with Crippen LogP contribution in [0.25, 0.3) is 21.0 Å². The number of carbonyl (C=O) groups is 1. The van der Waals surface area contributed by atoms with Crippen molar-refractivity contribution in [1.29, 1.82) is 0 Å². The largest absolute Gasteiger partial charge is 0.493 e. The molecule has 0 spiro atoms. The van der Waals surface area contributed by atoms with Gasteiger partial charge in [0, 0.05) is 27.1 Å². The summed E-state index contributed by atoms with van der Waals surface area (Å²) in [6.45, 7) is 0. The molecule has 2 aromatic heterocycles. The minimum atomic E-state index is -0.0943. The number of amides is 1. The summed E-state index contributed by atoms with van der Waals surface area (Å²) in [6.07, 6.45) is 0.211. The van der Waals surface area contributed by atoms with Crippen LogP contribution in [0.3, 0.4) is 0 Å². The van der Waals surface area contributed by atoms with Crippen LogP contribution in [0.1, 0.15) is 5.69 Å². The van der Waals surface area contributed by atoms with Crippen molar-refractivity contribution >= 4 is 34.3 Å². The van der Waals surface area contributed by atoms with Gasteiger partial charge in [-0.2, -0.15) is 0 Å². The maximum Gasteiger partial charge on any atom is 0.230 e. The van der Waals surface area contributed by atoms with Crippen molar-refractivity contribution in [2.24, 2.45) is 0 Å². The zero-order valence-corrected chi connectivity index (χ0v) is 18.2. The minimum absolute atomic E-state index is 0.0943. The molecular formula is C23H20N2O3S2. The van der Waals surface area contributed by atoms with Crippen LogP contribution in [-0.4, -0.2) is 25.1 Å². The number of nitrogens with zero attached hydrogens (tertiary/aromatic N) is 1. The first-order chi connectivity index (χ1) is 14.7. The predicted molar refractivity (Wildman–Crippen MR) is 123 cm³/mol. The van der Waals surface area contributed by atoms with Crippen molar-refractivity contribution in [1.82, 2.24) is 4.98 Å². The Hall–Kier alpha value is -3.16. The van der Waals surface area contributed by atoms with Crippen molar-refractivity contribution in [3.05, 3.63) is 71.1 Å². The molecule has 0 aliphatic heterocycles. The van der Waals surface area contributed by atoms with Crippen LogP contribution in [0.5, 0.6) is 11.5 Å². The van der Waals surface area contributed by atoms with Crippen LogP contribution >= 0.6 is 22.7 Å². The van der Waals surface area contributed by atoms with Gasteiger partial charge in [-0.05, 0) is 35.7 Å². The molecular weight excluding hydrogens is 416 g/mol. The van der Waals surface area contributed by atoms with E-state index in [-0.39, 0.29) is 12.3 Å². The van der Waals surface area contributed by atoms with Crippen LogP contribution in [-0.2, 0) is 11.2 Å². The van der Waals surface area contributed by atoms with Crippen molar-refractivity contribution in [2.45, 2.75) is 6.42 Å². The number of carbonyl (C=O) groups excluding carboxylic acids is 1. The fraction of sp³-hybridized carbons (Fsp3) is 0.130. The van der Waals surface area contributed by atoms with Gasteiger partial charge >= 0.3 is 0 Å². The van der Waals surface area contributed by atoms with Crippen LogP contribution in [0.15, 0.2) is 65.4 Å². The Labute approximate surface area is 183 Å². The lowest BCUT2D eigenvalue weighted by Gasteiger charge is -2.09. The lowest BCUT2D eigenvalue weighted by atomic mass is 10.1. The third kappa shape index (κ3) is 4.37. The maximum absolute atomic E-state index is 12.7. The molecule has 1 N–H and O–H groups in total. The predicted octanol–water partition coefficient (Wildman–Crippen LogP) is 5.74. The summed E-state index contributed by atoms with van der Waals surface area (Å²) in [5.41, 5.74) is 3.48. The highest BCUT2D eigenvalue weighted by Crippen LogP contribution is 2.34. The Bertz CT molecular complexity index is 1150. The SMILES string of the molecule is COc1ccc(-c2nc(CC(=O)Nc3ccccc3-c3cccs3)cs2)cc1OC. The first kappa shape index (κ1) is 20.1. The van der Waals surface area contributed by atoms with Crippen molar-refractivity contribution in [3.8, 4) is 32.5 Å². The minimum Gasteiger partial charge on any atom is -0.493 e. The number of thiophene rings is 1. The molecule has 4 aromatic rings. The number of hydrogen-bond donors (Lipinski definition) is 1. The summed E-state index contributed by atoms with van der Waals surface area (Å²) in [6, 6.07) is 17.5. The molecule has 0 radical (unpaired) electrons. The lowest BCUT2D eigenvalue weighted by Crippen LogP contribution is -2.15. The molecule has 0 fully saturated rings. The number of nitrogens with one attached hydrogen (secondary N) is 1. The summed E-state index contributed by atoms with van der Waals surface area (Å²) < 4.78 is 10.7. The van der Waals surface area contributed by atoms with Crippen LogP contribution in [0.4, 0.5) is 5.69 Å². The molecule has 30 heavy (non-hydrogen) atoms. The van der Waals surface area contributed by atoms with E-state index in [4.69, 9.17) is 9.47 Å². The van der Waals surface area contributed by atoms with Gasteiger partial charge in [0.25, 0.3) is 0 Å². The molecule has 2 aromatic carbocycles. The van der Waals surface area contributed by atoms with E-state index in [0.29, 0.717) is 11.5 Å². The topological polar surface area (TPSA) is 60.5 Å². The van der Waals surface area contributed by atoms with Gasteiger partial charge < -0.3 is 14.8 Å². The molecule has 0 atom stereocenters.